The van der Waals surface area contributed by atoms with Gasteiger partial charge in [0.05, 0.1) is 23.6 Å². The van der Waals surface area contributed by atoms with Gasteiger partial charge in [0.25, 0.3) is 5.91 Å². The van der Waals surface area contributed by atoms with Crippen LogP contribution in [0.15, 0.2) is 17.5 Å². The van der Waals surface area contributed by atoms with Gasteiger partial charge in [-0.25, -0.2) is 0 Å². The summed E-state index contributed by atoms with van der Waals surface area (Å²) in [5.41, 5.74) is -0.635. The van der Waals surface area contributed by atoms with E-state index in [9.17, 15) is 14.7 Å². The van der Waals surface area contributed by atoms with Gasteiger partial charge in [0.15, 0.2) is 0 Å². The highest BCUT2D eigenvalue weighted by Gasteiger charge is 2.24. The summed E-state index contributed by atoms with van der Waals surface area (Å²) in [5, 5.41) is 13.8. The van der Waals surface area contributed by atoms with Crippen molar-refractivity contribution in [2.45, 2.75) is 25.8 Å². The second-order valence-corrected chi connectivity index (χ2v) is 5.71. The summed E-state index contributed by atoms with van der Waals surface area (Å²) in [4.78, 5) is 25.8. The molecule has 0 aliphatic heterocycles. The number of likely N-dealkylation sites (N-methyl/N-ethyl adjacent to an activating group) is 1. The molecule has 2 N–H and O–H groups in total. The van der Waals surface area contributed by atoms with Gasteiger partial charge < -0.3 is 15.3 Å². The summed E-state index contributed by atoms with van der Waals surface area (Å²) in [7, 11) is 1.59. The average Bonchev–Trinajstić information content (AvgIpc) is 2.91. The summed E-state index contributed by atoms with van der Waals surface area (Å²) in [6, 6.07) is 3.52. The predicted octanol–water partition coefficient (Wildman–Crippen LogP) is 1.10. The SMILES string of the molecule is CCC(C)(CO)NC(=O)CN(C)C(=O)c1cccs1. The number of amides is 2. The van der Waals surface area contributed by atoms with Gasteiger partial charge in [-0.15, -0.1) is 11.3 Å². The third-order valence-corrected chi connectivity index (χ3v) is 3.89. The molecule has 19 heavy (non-hydrogen) atoms. The maximum Gasteiger partial charge on any atom is 0.264 e. The normalized spacial score (nSPS) is 13.7. The Morgan fingerprint density at radius 2 is 2.21 bits per heavy atom. The van der Waals surface area contributed by atoms with Crippen LogP contribution < -0.4 is 5.32 Å². The number of nitrogens with one attached hydrogen (secondary N) is 1. The molecule has 1 aromatic heterocycles. The number of carbonyl (C=O) groups is 2. The van der Waals surface area contributed by atoms with Crippen LogP contribution in [-0.4, -0.2) is 47.6 Å². The zero-order chi connectivity index (χ0) is 14.5. The van der Waals surface area contributed by atoms with Crippen LogP contribution in [-0.2, 0) is 4.79 Å². The first kappa shape index (κ1) is 15.7. The molecule has 0 radical (unpaired) electrons. The summed E-state index contributed by atoms with van der Waals surface area (Å²) in [6.07, 6.45) is 0.623. The highest BCUT2D eigenvalue weighted by Crippen LogP contribution is 2.11. The molecule has 0 aliphatic carbocycles. The van der Waals surface area contributed by atoms with Crippen LogP contribution in [0, 0.1) is 0 Å². The third-order valence-electron chi connectivity index (χ3n) is 3.03. The topological polar surface area (TPSA) is 69.6 Å². The van der Waals surface area contributed by atoms with E-state index in [4.69, 9.17) is 0 Å². The van der Waals surface area contributed by atoms with Crippen molar-refractivity contribution in [3.05, 3.63) is 22.4 Å². The maximum absolute atomic E-state index is 12.0. The van der Waals surface area contributed by atoms with Crippen molar-refractivity contribution < 1.29 is 14.7 Å². The number of hydrogen-bond donors (Lipinski definition) is 2. The summed E-state index contributed by atoms with van der Waals surface area (Å²) in [5.74, 6) is -0.446. The van der Waals surface area contributed by atoms with Crippen LogP contribution in [0.2, 0.25) is 0 Å². The fourth-order valence-corrected chi connectivity index (χ4v) is 2.21. The molecule has 1 aromatic rings. The average molecular weight is 284 g/mol. The Labute approximate surface area is 117 Å². The van der Waals surface area contributed by atoms with Crippen LogP contribution in [0.1, 0.15) is 29.9 Å². The van der Waals surface area contributed by atoms with E-state index in [0.717, 1.165) is 0 Å². The summed E-state index contributed by atoms with van der Waals surface area (Å²) in [6.45, 7) is 3.51. The van der Waals surface area contributed by atoms with Crippen molar-refractivity contribution in [3.8, 4) is 0 Å². The number of aliphatic hydroxyl groups excluding tert-OH is 1. The highest BCUT2D eigenvalue weighted by atomic mass is 32.1. The van der Waals surface area contributed by atoms with E-state index in [1.165, 1.54) is 16.2 Å². The minimum absolute atomic E-state index is 0.0215. The zero-order valence-corrected chi connectivity index (χ0v) is 12.3. The van der Waals surface area contributed by atoms with Crippen molar-refractivity contribution >= 4 is 23.2 Å². The quantitative estimate of drug-likeness (QED) is 0.822. The highest BCUT2D eigenvalue weighted by molar-refractivity contribution is 7.12. The lowest BCUT2D eigenvalue weighted by molar-refractivity contribution is -0.123. The molecule has 0 aromatic carbocycles. The second kappa shape index (κ2) is 6.68. The molecular formula is C13H20N2O3S. The summed E-state index contributed by atoms with van der Waals surface area (Å²) >= 11 is 1.35. The number of thiophene rings is 1. The molecule has 0 bridgehead atoms. The van der Waals surface area contributed by atoms with Gasteiger partial charge in [-0.05, 0) is 24.8 Å². The number of rotatable bonds is 6. The van der Waals surface area contributed by atoms with Gasteiger partial charge in [-0.2, -0.15) is 0 Å². The number of nitrogens with zero attached hydrogens (tertiary/aromatic N) is 1. The number of carbonyl (C=O) groups excluding carboxylic acids is 2. The van der Waals surface area contributed by atoms with E-state index >= 15 is 0 Å². The Bertz CT molecular complexity index is 427. The number of aliphatic hydroxyl groups is 1. The van der Waals surface area contributed by atoms with E-state index in [1.807, 2.05) is 12.3 Å². The van der Waals surface area contributed by atoms with Crippen LogP contribution in [0.5, 0.6) is 0 Å². The van der Waals surface area contributed by atoms with Crippen molar-refractivity contribution in [1.82, 2.24) is 10.2 Å². The lowest BCUT2D eigenvalue weighted by Crippen LogP contribution is -2.51. The van der Waals surface area contributed by atoms with Gasteiger partial charge in [-0.1, -0.05) is 13.0 Å². The number of hydrogen-bond acceptors (Lipinski definition) is 4. The monoisotopic (exact) mass is 284 g/mol. The zero-order valence-electron chi connectivity index (χ0n) is 11.5. The van der Waals surface area contributed by atoms with Gasteiger partial charge in [0.1, 0.15) is 0 Å². The molecular weight excluding hydrogens is 264 g/mol. The molecule has 1 unspecified atom stereocenters. The second-order valence-electron chi connectivity index (χ2n) is 4.76. The first-order chi connectivity index (χ1) is 8.91. The summed E-state index contributed by atoms with van der Waals surface area (Å²) < 4.78 is 0. The van der Waals surface area contributed by atoms with E-state index in [2.05, 4.69) is 5.32 Å². The Hall–Kier alpha value is -1.40. The molecule has 6 heteroatoms. The Morgan fingerprint density at radius 1 is 1.53 bits per heavy atom. The molecule has 106 valence electrons. The van der Waals surface area contributed by atoms with E-state index in [1.54, 1.807) is 26.1 Å². The molecule has 0 saturated carbocycles. The van der Waals surface area contributed by atoms with Gasteiger partial charge in [-0.3, -0.25) is 9.59 Å². The predicted molar refractivity (Wildman–Crippen MR) is 75.2 cm³/mol. The van der Waals surface area contributed by atoms with E-state index < -0.39 is 5.54 Å². The largest absolute Gasteiger partial charge is 0.394 e. The fourth-order valence-electron chi connectivity index (χ4n) is 1.49. The van der Waals surface area contributed by atoms with Crippen molar-refractivity contribution in [2.24, 2.45) is 0 Å². The molecule has 1 rings (SSSR count). The standard InChI is InChI=1S/C13H20N2O3S/c1-4-13(2,9-16)14-11(17)8-15(3)12(18)10-6-5-7-19-10/h5-7,16H,4,8-9H2,1-3H3,(H,14,17). The Kier molecular flexibility index (Phi) is 5.50. The van der Waals surface area contributed by atoms with Gasteiger partial charge in [0.2, 0.25) is 5.91 Å². The van der Waals surface area contributed by atoms with E-state index in [0.29, 0.717) is 11.3 Å². The Balaban J connectivity index is 2.55. The van der Waals surface area contributed by atoms with Gasteiger partial charge >= 0.3 is 0 Å². The van der Waals surface area contributed by atoms with Crippen LogP contribution >= 0.6 is 11.3 Å². The minimum Gasteiger partial charge on any atom is -0.394 e. The lowest BCUT2D eigenvalue weighted by Gasteiger charge is -2.28. The lowest BCUT2D eigenvalue weighted by atomic mass is 10.0. The minimum atomic E-state index is -0.635. The molecule has 5 nitrogen and oxygen atoms in total. The van der Waals surface area contributed by atoms with Crippen molar-refractivity contribution in [3.63, 3.8) is 0 Å². The first-order valence-corrected chi connectivity index (χ1v) is 7.00. The molecule has 2 amide bonds. The smallest absolute Gasteiger partial charge is 0.264 e. The first-order valence-electron chi connectivity index (χ1n) is 6.12. The van der Waals surface area contributed by atoms with Crippen LogP contribution in [0.4, 0.5) is 0 Å². The van der Waals surface area contributed by atoms with Crippen molar-refractivity contribution in [2.75, 3.05) is 20.2 Å². The third kappa shape index (κ3) is 4.33. The maximum atomic E-state index is 12.0. The molecule has 1 heterocycles. The van der Waals surface area contributed by atoms with Crippen molar-refractivity contribution in [1.29, 1.82) is 0 Å². The van der Waals surface area contributed by atoms with E-state index in [-0.39, 0.29) is 25.0 Å². The molecule has 0 aliphatic rings. The van der Waals surface area contributed by atoms with Crippen LogP contribution in [0.3, 0.4) is 0 Å². The molecule has 0 fully saturated rings. The van der Waals surface area contributed by atoms with Crippen LogP contribution in [0.25, 0.3) is 0 Å². The Morgan fingerprint density at radius 3 is 2.68 bits per heavy atom. The van der Waals surface area contributed by atoms with Gasteiger partial charge in [0, 0.05) is 7.05 Å². The molecule has 0 saturated heterocycles. The molecule has 0 spiro atoms. The molecule has 1 atom stereocenters. The fraction of sp³-hybridized carbons (Fsp3) is 0.538.